The highest BCUT2D eigenvalue weighted by Gasteiger charge is 2.60. The van der Waals surface area contributed by atoms with E-state index in [1.54, 1.807) is 0 Å². The highest BCUT2D eigenvalue weighted by atomic mass is 16.5. The van der Waals surface area contributed by atoms with Gasteiger partial charge in [0.15, 0.2) is 0 Å². The minimum absolute atomic E-state index is 0.0236. The van der Waals surface area contributed by atoms with Crippen molar-refractivity contribution < 1.29 is 14.6 Å². The third kappa shape index (κ3) is 1.19. The van der Waals surface area contributed by atoms with E-state index < -0.39 is 0 Å². The molecule has 0 radical (unpaired) electrons. The molecule has 0 aliphatic heterocycles. The van der Waals surface area contributed by atoms with Crippen LogP contribution >= 0.6 is 0 Å². The van der Waals surface area contributed by atoms with Gasteiger partial charge in [-0.1, -0.05) is 13.0 Å². The molecule has 0 amide bonds. The van der Waals surface area contributed by atoms with Crippen molar-refractivity contribution in [1.82, 2.24) is 0 Å². The Morgan fingerprint density at radius 3 is 3.07 bits per heavy atom. The summed E-state index contributed by atoms with van der Waals surface area (Å²) in [6.45, 7) is 2.30. The number of ether oxygens (including phenoxy) is 1. The average Bonchev–Trinajstić information content (AvgIpc) is 2.84. The molecule has 14 heavy (non-hydrogen) atoms. The molecule has 0 saturated heterocycles. The van der Waals surface area contributed by atoms with Gasteiger partial charge in [0.05, 0.1) is 7.11 Å². The van der Waals surface area contributed by atoms with Crippen molar-refractivity contribution in [3.05, 3.63) is 11.6 Å². The second kappa shape index (κ2) is 3.09. The second-order valence-corrected chi connectivity index (χ2v) is 4.52. The van der Waals surface area contributed by atoms with Crippen LogP contribution < -0.4 is 0 Å². The number of fused-ring (bicyclic) bond motifs is 1. The van der Waals surface area contributed by atoms with Gasteiger partial charge in [0.25, 0.3) is 0 Å². The molecule has 2 aliphatic rings. The first-order valence-corrected chi connectivity index (χ1v) is 5.03. The zero-order chi connectivity index (χ0) is 10.3. The first-order chi connectivity index (χ1) is 6.63. The van der Waals surface area contributed by atoms with Gasteiger partial charge in [0, 0.05) is 17.6 Å². The topological polar surface area (TPSA) is 46.5 Å². The molecule has 3 heteroatoms. The fraction of sp³-hybridized carbons (Fsp3) is 0.727. The van der Waals surface area contributed by atoms with Crippen molar-refractivity contribution in [3.8, 4) is 0 Å². The summed E-state index contributed by atoms with van der Waals surface area (Å²) < 4.78 is 4.69. The number of carbonyl (C=O) groups excluding carboxylic acids is 1. The molecule has 1 unspecified atom stereocenters. The van der Waals surface area contributed by atoms with Crippen LogP contribution in [-0.4, -0.2) is 24.8 Å². The SMILES string of the molecule is COC(=O)C1=C[C@@H]2[C@H](CC1)C2(C)CO. The summed E-state index contributed by atoms with van der Waals surface area (Å²) in [5.74, 6) is 0.742. The van der Waals surface area contributed by atoms with Crippen molar-refractivity contribution in [2.24, 2.45) is 17.3 Å². The summed E-state index contributed by atoms with van der Waals surface area (Å²) in [6.07, 6.45) is 3.79. The lowest BCUT2D eigenvalue weighted by Gasteiger charge is -2.08. The van der Waals surface area contributed by atoms with Crippen LogP contribution in [0.25, 0.3) is 0 Å². The van der Waals surface area contributed by atoms with Gasteiger partial charge in [-0.3, -0.25) is 0 Å². The smallest absolute Gasteiger partial charge is 0.333 e. The molecule has 0 aromatic heterocycles. The molecule has 0 spiro atoms. The highest BCUT2D eigenvalue weighted by molar-refractivity contribution is 5.88. The number of hydrogen-bond acceptors (Lipinski definition) is 3. The minimum Gasteiger partial charge on any atom is -0.466 e. The zero-order valence-corrected chi connectivity index (χ0v) is 8.62. The molecule has 1 saturated carbocycles. The molecule has 1 N–H and O–H groups in total. The van der Waals surface area contributed by atoms with Gasteiger partial charge in [-0.25, -0.2) is 4.79 Å². The van der Waals surface area contributed by atoms with Crippen LogP contribution in [0.15, 0.2) is 11.6 Å². The summed E-state index contributed by atoms with van der Waals surface area (Å²) in [7, 11) is 1.41. The summed E-state index contributed by atoms with van der Waals surface area (Å²) >= 11 is 0. The number of aliphatic hydroxyl groups excluding tert-OH is 1. The third-order valence-corrected chi connectivity index (χ3v) is 3.83. The predicted octanol–water partition coefficient (Wildman–Crippen LogP) is 1.12. The van der Waals surface area contributed by atoms with E-state index in [9.17, 15) is 9.90 Å². The Balaban J connectivity index is 2.13. The maximum atomic E-state index is 11.3. The largest absolute Gasteiger partial charge is 0.466 e. The van der Waals surface area contributed by atoms with Crippen molar-refractivity contribution >= 4 is 5.97 Å². The normalized spacial score (nSPS) is 39.8. The maximum Gasteiger partial charge on any atom is 0.333 e. The summed E-state index contributed by atoms with van der Waals surface area (Å²) in [4.78, 5) is 11.3. The Morgan fingerprint density at radius 2 is 2.50 bits per heavy atom. The minimum atomic E-state index is -0.212. The Labute approximate surface area is 83.8 Å². The predicted molar refractivity (Wildman–Crippen MR) is 51.5 cm³/mol. The van der Waals surface area contributed by atoms with Crippen LogP contribution in [0.2, 0.25) is 0 Å². The number of allylic oxidation sites excluding steroid dienone is 1. The molecule has 78 valence electrons. The van der Waals surface area contributed by atoms with Gasteiger partial charge >= 0.3 is 5.97 Å². The van der Waals surface area contributed by atoms with Crippen LogP contribution in [0, 0.1) is 17.3 Å². The monoisotopic (exact) mass is 196 g/mol. The molecule has 0 aromatic carbocycles. The van der Waals surface area contributed by atoms with Crippen LogP contribution in [0.4, 0.5) is 0 Å². The first kappa shape index (κ1) is 9.71. The lowest BCUT2D eigenvalue weighted by atomic mass is 10.00. The number of carbonyl (C=O) groups is 1. The number of aliphatic hydroxyl groups is 1. The fourth-order valence-electron chi connectivity index (χ4n) is 2.65. The van der Waals surface area contributed by atoms with E-state index in [0.29, 0.717) is 11.8 Å². The van der Waals surface area contributed by atoms with Gasteiger partial charge in [0.2, 0.25) is 0 Å². The molecule has 3 nitrogen and oxygen atoms in total. The van der Waals surface area contributed by atoms with E-state index in [1.165, 1.54) is 7.11 Å². The summed E-state index contributed by atoms with van der Waals surface area (Å²) in [5.41, 5.74) is 0.807. The quantitative estimate of drug-likeness (QED) is 0.673. The number of esters is 1. The molecule has 1 fully saturated rings. The molecular weight excluding hydrogens is 180 g/mol. The molecule has 0 aromatic rings. The fourth-order valence-corrected chi connectivity index (χ4v) is 2.65. The van der Waals surface area contributed by atoms with Crippen molar-refractivity contribution in [1.29, 1.82) is 0 Å². The highest BCUT2D eigenvalue weighted by Crippen LogP contribution is 2.63. The molecular formula is C11H16O3. The maximum absolute atomic E-state index is 11.3. The number of rotatable bonds is 2. The van der Waals surface area contributed by atoms with Crippen LogP contribution in [-0.2, 0) is 9.53 Å². The number of hydrogen-bond donors (Lipinski definition) is 1. The molecule has 2 aliphatic carbocycles. The van der Waals surface area contributed by atoms with Crippen molar-refractivity contribution in [2.45, 2.75) is 19.8 Å². The van der Waals surface area contributed by atoms with Crippen LogP contribution in [0.3, 0.4) is 0 Å². The lowest BCUT2D eigenvalue weighted by molar-refractivity contribution is -0.136. The Kier molecular flexibility index (Phi) is 2.14. The van der Waals surface area contributed by atoms with Gasteiger partial charge in [-0.2, -0.15) is 0 Å². The first-order valence-electron chi connectivity index (χ1n) is 5.03. The Morgan fingerprint density at radius 1 is 1.79 bits per heavy atom. The van der Waals surface area contributed by atoms with Gasteiger partial charge in [-0.15, -0.1) is 0 Å². The average molecular weight is 196 g/mol. The van der Waals surface area contributed by atoms with Crippen molar-refractivity contribution in [2.75, 3.05) is 13.7 Å². The van der Waals surface area contributed by atoms with Gasteiger partial charge in [0.1, 0.15) is 0 Å². The Bertz CT molecular complexity index is 295. The van der Waals surface area contributed by atoms with E-state index in [-0.39, 0.29) is 18.0 Å². The van der Waals surface area contributed by atoms with Crippen molar-refractivity contribution in [3.63, 3.8) is 0 Å². The zero-order valence-electron chi connectivity index (χ0n) is 8.62. The van der Waals surface area contributed by atoms with Crippen LogP contribution in [0.1, 0.15) is 19.8 Å². The van der Waals surface area contributed by atoms with Gasteiger partial charge < -0.3 is 9.84 Å². The van der Waals surface area contributed by atoms with Gasteiger partial charge in [-0.05, 0) is 24.7 Å². The van der Waals surface area contributed by atoms with E-state index in [4.69, 9.17) is 0 Å². The molecule has 2 rings (SSSR count). The third-order valence-electron chi connectivity index (χ3n) is 3.83. The van der Waals surface area contributed by atoms with E-state index in [1.807, 2.05) is 6.08 Å². The van der Waals surface area contributed by atoms with Crippen LogP contribution in [0.5, 0.6) is 0 Å². The summed E-state index contributed by atoms with van der Waals surface area (Å²) in [5, 5.41) is 9.23. The standard InChI is InChI=1S/C11H16O3/c1-11(6-12)8-4-3-7(5-9(8)11)10(13)14-2/h5,8-9,12H,3-4,6H2,1-2H3/t8-,9+,11?/m0/s1. The summed E-state index contributed by atoms with van der Waals surface area (Å²) in [6, 6.07) is 0. The van der Waals surface area contributed by atoms with E-state index >= 15 is 0 Å². The molecule has 0 bridgehead atoms. The number of methoxy groups -OCH3 is 1. The second-order valence-electron chi connectivity index (χ2n) is 4.52. The van der Waals surface area contributed by atoms with E-state index in [2.05, 4.69) is 11.7 Å². The van der Waals surface area contributed by atoms with E-state index in [0.717, 1.165) is 18.4 Å². The Hall–Kier alpha value is -0.830. The molecule has 0 heterocycles. The molecule has 3 atom stereocenters. The lowest BCUT2D eigenvalue weighted by Crippen LogP contribution is -2.08.